The van der Waals surface area contributed by atoms with Crippen molar-refractivity contribution in [1.29, 1.82) is 0 Å². The molecule has 2 aromatic heterocycles. The summed E-state index contributed by atoms with van der Waals surface area (Å²) in [6.07, 6.45) is 3.90. The highest BCUT2D eigenvalue weighted by molar-refractivity contribution is 7.80. The fraction of sp³-hybridized carbons (Fsp3) is 0.200. The van der Waals surface area contributed by atoms with Crippen LogP contribution >= 0.6 is 12.2 Å². The first kappa shape index (κ1) is 15.8. The van der Waals surface area contributed by atoms with E-state index in [4.69, 9.17) is 12.2 Å². The summed E-state index contributed by atoms with van der Waals surface area (Å²) in [6, 6.07) is 18.8. The van der Waals surface area contributed by atoms with Gasteiger partial charge in [0.25, 0.3) is 0 Å². The van der Waals surface area contributed by atoms with E-state index in [0.29, 0.717) is 0 Å². The average Bonchev–Trinajstić information content (AvgIpc) is 3.19. The summed E-state index contributed by atoms with van der Waals surface area (Å²) in [6.45, 7) is 2.09. The van der Waals surface area contributed by atoms with Crippen molar-refractivity contribution in [3.05, 3.63) is 83.9 Å². The first-order valence-electron chi connectivity index (χ1n) is 8.34. The maximum Gasteiger partial charge on any atom is 0.174 e. The summed E-state index contributed by atoms with van der Waals surface area (Å²) in [5.74, 6) is 0. The van der Waals surface area contributed by atoms with Gasteiger partial charge in [0.05, 0.1) is 11.7 Å². The summed E-state index contributed by atoms with van der Waals surface area (Å²) in [5.41, 5.74) is 4.51. The zero-order valence-electron chi connectivity index (χ0n) is 14.3. The van der Waals surface area contributed by atoms with Gasteiger partial charge in [-0.15, -0.1) is 0 Å². The topological polar surface area (TPSA) is 33.1 Å². The van der Waals surface area contributed by atoms with E-state index >= 15 is 0 Å². The van der Waals surface area contributed by atoms with E-state index in [9.17, 15) is 0 Å². The van der Waals surface area contributed by atoms with Gasteiger partial charge in [-0.2, -0.15) is 0 Å². The van der Waals surface area contributed by atoms with Crippen molar-refractivity contribution >= 4 is 23.0 Å². The van der Waals surface area contributed by atoms with Crippen LogP contribution in [-0.4, -0.2) is 14.7 Å². The maximum absolute atomic E-state index is 5.70. The number of thiocarbonyl (C=S) groups is 1. The van der Waals surface area contributed by atoms with Crippen molar-refractivity contribution in [2.24, 2.45) is 7.05 Å². The number of benzene rings is 1. The monoisotopic (exact) mass is 348 g/mol. The molecule has 0 amide bonds. The van der Waals surface area contributed by atoms with Gasteiger partial charge in [-0.05, 0) is 55.5 Å². The summed E-state index contributed by atoms with van der Waals surface area (Å²) in [4.78, 5) is 6.77. The fourth-order valence-electron chi connectivity index (χ4n) is 3.42. The smallest absolute Gasteiger partial charge is 0.174 e. The predicted molar refractivity (Wildman–Crippen MR) is 105 cm³/mol. The molecule has 0 saturated carbocycles. The molecule has 4 rings (SSSR count). The first-order chi connectivity index (χ1) is 12.1. The second-order valence-corrected chi connectivity index (χ2v) is 6.76. The molecule has 1 aliphatic rings. The Morgan fingerprint density at radius 1 is 1.04 bits per heavy atom. The summed E-state index contributed by atoms with van der Waals surface area (Å²) >= 11 is 5.70. The minimum Gasteiger partial charge on any atom is -0.353 e. The number of aryl methyl sites for hydroxylation is 2. The van der Waals surface area contributed by atoms with E-state index in [-0.39, 0.29) is 12.1 Å². The SMILES string of the molecule is Cc1ccc(N2C(=S)N[C@H](c3ccccn3)[C@@H]2c2cccn2C)cc1. The van der Waals surface area contributed by atoms with Gasteiger partial charge in [-0.1, -0.05) is 23.8 Å². The Balaban J connectivity index is 1.83. The van der Waals surface area contributed by atoms with Crippen LogP contribution < -0.4 is 10.2 Å². The molecule has 0 unspecified atom stereocenters. The third-order valence-corrected chi connectivity index (χ3v) is 5.01. The number of hydrogen-bond donors (Lipinski definition) is 1. The van der Waals surface area contributed by atoms with Crippen LogP contribution in [-0.2, 0) is 7.05 Å². The van der Waals surface area contributed by atoms with Crippen LogP contribution in [0.1, 0.15) is 29.0 Å². The zero-order valence-corrected chi connectivity index (χ0v) is 15.1. The van der Waals surface area contributed by atoms with Crippen LogP contribution in [0.2, 0.25) is 0 Å². The van der Waals surface area contributed by atoms with Gasteiger partial charge in [0.15, 0.2) is 5.11 Å². The number of hydrogen-bond acceptors (Lipinski definition) is 2. The number of aromatic nitrogens is 2. The van der Waals surface area contributed by atoms with Gasteiger partial charge in [0.1, 0.15) is 6.04 Å². The van der Waals surface area contributed by atoms with E-state index in [1.165, 1.54) is 11.3 Å². The molecule has 0 spiro atoms. The van der Waals surface area contributed by atoms with Crippen LogP contribution in [0, 0.1) is 6.92 Å². The molecule has 126 valence electrons. The lowest BCUT2D eigenvalue weighted by Crippen LogP contribution is -2.30. The van der Waals surface area contributed by atoms with Gasteiger partial charge in [-0.25, -0.2) is 0 Å². The third kappa shape index (κ3) is 2.81. The Kier molecular flexibility index (Phi) is 4.01. The Hall–Kier alpha value is -2.66. The minimum absolute atomic E-state index is 0.00334. The number of nitrogens with one attached hydrogen (secondary N) is 1. The molecule has 0 aliphatic carbocycles. The van der Waals surface area contributed by atoms with Crippen molar-refractivity contribution < 1.29 is 0 Å². The molecular formula is C20H20N4S. The van der Waals surface area contributed by atoms with E-state index < -0.39 is 0 Å². The lowest BCUT2D eigenvalue weighted by atomic mass is 10.0. The summed E-state index contributed by atoms with van der Waals surface area (Å²) < 4.78 is 2.15. The van der Waals surface area contributed by atoms with Crippen molar-refractivity contribution in [3.63, 3.8) is 0 Å². The predicted octanol–water partition coefficient (Wildman–Crippen LogP) is 3.91. The van der Waals surface area contributed by atoms with Crippen molar-refractivity contribution in [2.45, 2.75) is 19.0 Å². The largest absolute Gasteiger partial charge is 0.353 e. The Bertz CT molecular complexity index is 886. The lowest BCUT2D eigenvalue weighted by molar-refractivity contribution is 0.541. The summed E-state index contributed by atoms with van der Waals surface area (Å²) in [7, 11) is 2.07. The highest BCUT2D eigenvalue weighted by Gasteiger charge is 2.41. The van der Waals surface area contributed by atoms with Crippen LogP contribution in [0.15, 0.2) is 67.0 Å². The van der Waals surface area contributed by atoms with Crippen molar-refractivity contribution in [2.75, 3.05) is 4.90 Å². The molecule has 4 nitrogen and oxygen atoms in total. The second-order valence-electron chi connectivity index (χ2n) is 6.38. The minimum atomic E-state index is 0.00334. The second kappa shape index (κ2) is 6.33. The first-order valence-corrected chi connectivity index (χ1v) is 8.74. The van der Waals surface area contributed by atoms with E-state index in [2.05, 4.69) is 82.4 Å². The molecule has 0 radical (unpaired) electrons. The molecule has 3 heterocycles. The van der Waals surface area contributed by atoms with Crippen molar-refractivity contribution in [3.8, 4) is 0 Å². The number of rotatable bonds is 3. The van der Waals surface area contributed by atoms with Gasteiger partial charge >= 0.3 is 0 Å². The molecule has 5 heteroatoms. The lowest BCUT2D eigenvalue weighted by Gasteiger charge is -2.28. The molecule has 25 heavy (non-hydrogen) atoms. The highest BCUT2D eigenvalue weighted by atomic mass is 32.1. The molecule has 3 aromatic rings. The normalized spacial score (nSPS) is 19.9. The molecule has 2 atom stereocenters. The molecule has 0 bridgehead atoms. The quantitative estimate of drug-likeness (QED) is 0.728. The van der Waals surface area contributed by atoms with E-state index in [1.807, 2.05) is 18.3 Å². The standard InChI is InChI=1S/C20H20N4S/c1-14-8-10-15(11-9-14)24-19(17-7-5-13-23(17)2)18(22-20(24)25)16-6-3-4-12-21-16/h3-13,18-19H,1-2H3,(H,22,25)/t18-,19+/m1/s1. The van der Waals surface area contributed by atoms with Gasteiger partial charge < -0.3 is 14.8 Å². The number of pyridine rings is 1. The van der Waals surface area contributed by atoms with Gasteiger partial charge in [0.2, 0.25) is 0 Å². The van der Waals surface area contributed by atoms with Crippen LogP contribution in [0.4, 0.5) is 5.69 Å². The Labute approximate surface area is 153 Å². The molecular weight excluding hydrogens is 328 g/mol. The van der Waals surface area contributed by atoms with Crippen LogP contribution in [0.3, 0.4) is 0 Å². The summed E-state index contributed by atoms with van der Waals surface area (Å²) in [5, 5.41) is 4.21. The molecule has 1 fully saturated rings. The molecule has 1 aromatic carbocycles. The zero-order chi connectivity index (χ0) is 17.4. The van der Waals surface area contributed by atoms with Gasteiger partial charge in [0, 0.05) is 30.8 Å². The Morgan fingerprint density at radius 2 is 1.84 bits per heavy atom. The maximum atomic E-state index is 5.70. The molecule has 1 N–H and O–H groups in total. The molecule has 1 aliphatic heterocycles. The highest BCUT2D eigenvalue weighted by Crippen LogP contribution is 2.41. The Morgan fingerprint density at radius 3 is 2.48 bits per heavy atom. The van der Waals surface area contributed by atoms with E-state index in [0.717, 1.165) is 16.5 Å². The third-order valence-electron chi connectivity index (χ3n) is 4.70. The van der Waals surface area contributed by atoms with Gasteiger partial charge in [-0.3, -0.25) is 4.98 Å². The average molecular weight is 348 g/mol. The van der Waals surface area contributed by atoms with Crippen molar-refractivity contribution in [1.82, 2.24) is 14.9 Å². The van der Waals surface area contributed by atoms with Crippen LogP contribution in [0.25, 0.3) is 0 Å². The molecule has 1 saturated heterocycles. The number of anilines is 1. The van der Waals surface area contributed by atoms with E-state index in [1.54, 1.807) is 0 Å². The number of nitrogens with zero attached hydrogens (tertiary/aromatic N) is 3. The van der Waals surface area contributed by atoms with Crippen LogP contribution in [0.5, 0.6) is 0 Å². The fourth-order valence-corrected chi connectivity index (χ4v) is 3.77.